The molecule has 4 unspecified atom stereocenters. The summed E-state index contributed by atoms with van der Waals surface area (Å²) in [4.78, 5) is 30.0. The Labute approximate surface area is 331 Å². The van der Waals surface area contributed by atoms with E-state index in [1.807, 2.05) is 20.8 Å². The predicted molar refractivity (Wildman–Crippen MR) is 210 cm³/mol. The Morgan fingerprint density at radius 3 is 1.19 bits per heavy atom. The first-order chi connectivity index (χ1) is 27.4. The van der Waals surface area contributed by atoms with E-state index >= 15 is 0 Å². The van der Waals surface area contributed by atoms with E-state index in [0.29, 0.717) is 58.8 Å². The van der Waals surface area contributed by atoms with Crippen LogP contribution in [0.5, 0.6) is 46.3 Å². The number of aryl methyl sites for hydroxylation is 1. The molecule has 0 aliphatic heterocycles. The van der Waals surface area contributed by atoms with Gasteiger partial charge in [0.25, 0.3) is 0 Å². The number of ether oxygens (including phenoxy) is 8. The number of pyridine rings is 1. The second-order valence-corrected chi connectivity index (χ2v) is 13.4. The van der Waals surface area contributed by atoms with Crippen molar-refractivity contribution in [1.82, 2.24) is 4.98 Å². The van der Waals surface area contributed by atoms with E-state index in [9.17, 15) is 19.8 Å². The number of rotatable bonds is 20. The standard InChI is InChI=1S/C44H47NO12/c1-28-22-41(54-37-10-6-33(7-11-37)43(48)56-39-18-14-35(15-19-39)52-26-31(4)50-24-29(2)46)45-42(23-28)55-38-12-8-34(9-13-38)44(49)57-40-20-16-36(17-21-40)53-27-32(5)51-25-30(3)47/h6-23,29-32,46-47H,24-27H2,1-5H3. The van der Waals surface area contributed by atoms with Crippen LogP contribution in [0.3, 0.4) is 0 Å². The van der Waals surface area contributed by atoms with Gasteiger partial charge in [-0.1, -0.05) is 0 Å². The van der Waals surface area contributed by atoms with Crippen LogP contribution in [-0.4, -0.2) is 78.0 Å². The summed E-state index contributed by atoms with van der Waals surface area (Å²) >= 11 is 0. The zero-order valence-corrected chi connectivity index (χ0v) is 32.5. The van der Waals surface area contributed by atoms with E-state index < -0.39 is 24.1 Å². The van der Waals surface area contributed by atoms with Gasteiger partial charge in [0.05, 0.1) is 48.8 Å². The molecule has 13 nitrogen and oxygen atoms in total. The zero-order valence-electron chi connectivity index (χ0n) is 32.5. The summed E-state index contributed by atoms with van der Waals surface area (Å²) in [6.07, 6.45) is -1.49. The first-order valence-corrected chi connectivity index (χ1v) is 18.4. The maximum Gasteiger partial charge on any atom is 0.343 e. The molecule has 0 fully saturated rings. The Hall–Kier alpha value is -5.99. The number of esters is 2. The molecule has 0 spiro atoms. The highest BCUT2D eigenvalue weighted by atomic mass is 16.6. The molecule has 0 bridgehead atoms. The Morgan fingerprint density at radius 2 is 0.842 bits per heavy atom. The lowest BCUT2D eigenvalue weighted by molar-refractivity contribution is -0.0132. The maximum atomic E-state index is 12.8. The molecule has 300 valence electrons. The summed E-state index contributed by atoms with van der Waals surface area (Å²) in [5.74, 6) is 2.26. The van der Waals surface area contributed by atoms with E-state index in [1.165, 1.54) is 0 Å². The third-order valence-corrected chi connectivity index (χ3v) is 7.83. The Kier molecular flexibility index (Phi) is 15.4. The molecule has 0 radical (unpaired) electrons. The summed E-state index contributed by atoms with van der Waals surface area (Å²) in [7, 11) is 0. The van der Waals surface area contributed by atoms with Gasteiger partial charge in [-0.25, -0.2) is 9.59 Å². The number of aliphatic hydroxyl groups is 2. The number of hydrogen-bond donors (Lipinski definition) is 2. The third-order valence-electron chi connectivity index (χ3n) is 7.83. The minimum atomic E-state index is -0.547. The van der Waals surface area contributed by atoms with Crippen LogP contribution in [0.2, 0.25) is 0 Å². The molecule has 57 heavy (non-hydrogen) atoms. The second-order valence-electron chi connectivity index (χ2n) is 13.4. The van der Waals surface area contributed by atoms with Crippen LogP contribution in [0, 0.1) is 6.92 Å². The summed E-state index contributed by atoms with van der Waals surface area (Å²) in [6, 6.07) is 29.7. The number of hydrogen-bond acceptors (Lipinski definition) is 13. The number of carbonyl (C=O) groups is 2. The van der Waals surface area contributed by atoms with Crippen LogP contribution in [0.25, 0.3) is 0 Å². The van der Waals surface area contributed by atoms with Gasteiger partial charge in [-0.2, -0.15) is 4.98 Å². The van der Waals surface area contributed by atoms with Crippen LogP contribution >= 0.6 is 0 Å². The van der Waals surface area contributed by atoms with Crippen molar-refractivity contribution < 1.29 is 57.7 Å². The van der Waals surface area contributed by atoms with Crippen LogP contribution < -0.4 is 28.4 Å². The average molecular weight is 782 g/mol. The summed E-state index contributed by atoms with van der Waals surface area (Å²) in [5.41, 5.74) is 1.48. The van der Waals surface area contributed by atoms with E-state index in [4.69, 9.17) is 37.9 Å². The Bertz CT molecular complexity index is 1870. The largest absolute Gasteiger partial charge is 0.491 e. The van der Waals surface area contributed by atoms with E-state index in [2.05, 4.69) is 4.98 Å². The first kappa shape index (κ1) is 42.2. The molecule has 0 aliphatic carbocycles. The molecule has 4 aromatic carbocycles. The number of aliphatic hydroxyl groups excluding tert-OH is 2. The topological polar surface area (TPSA) is 161 Å². The number of nitrogens with zero attached hydrogens (tertiary/aromatic N) is 1. The normalized spacial score (nSPS) is 13.1. The molecule has 0 amide bonds. The first-order valence-electron chi connectivity index (χ1n) is 18.4. The minimum absolute atomic E-state index is 0.199. The molecule has 5 rings (SSSR count). The second kappa shape index (κ2) is 20.8. The van der Waals surface area contributed by atoms with Gasteiger partial charge in [-0.15, -0.1) is 0 Å². The summed E-state index contributed by atoms with van der Waals surface area (Å²) in [5, 5.41) is 18.7. The molecular weight excluding hydrogens is 734 g/mol. The van der Waals surface area contributed by atoms with Gasteiger partial charge < -0.3 is 48.1 Å². The summed E-state index contributed by atoms with van der Waals surface area (Å²) < 4.78 is 45.3. The molecule has 13 heteroatoms. The van der Waals surface area contributed by atoms with Crippen molar-refractivity contribution in [3.8, 4) is 46.3 Å². The zero-order chi connectivity index (χ0) is 40.7. The van der Waals surface area contributed by atoms with Crippen LogP contribution in [0.1, 0.15) is 54.0 Å². The van der Waals surface area contributed by atoms with Gasteiger partial charge in [0, 0.05) is 12.1 Å². The van der Waals surface area contributed by atoms with Gasteiger partial charge in [0.1, 0.15) is 47.7 Å². The molecular formula is C44H47NO12. The van der Waals surface area contributed by atoms with Crippen LogP contribution in [0.4, 0.5) is 0 Å². The number of benzene rings is 4. The SMILES string of the molecule is Cc1cc(Oc2ccc(C(=O)Oc3ccc(OCC(C)OCC(C)O)cc3)cc2)nc(Oc2ccc(C(=O)Oc3ccc(OCC(C)OCC(C)O)cc3)cc2)c1. The number of carbonyl (C=O) groups excluding carboxylic acids is 2. The predicted octanol–water partition coefficient (Wildman–Crippen LogP) is 7.74. The van der Waals surface area contributed by atoms with Gasteiger partial charge in [-0.3, -0.25) is 0 Å². The van der Waals surface area contributed by atoms with E-state index in [0.717, 1.165) is 5.56 Å². The van der Waals surface area contributed by atoms with Crippen molar-refractivity contribution in [2.45, 2.75) is 59.0 Å². The smallest absolute Gasteiger partial charge is 0.343 e. The Morgan fingerprint density at radius 1 is 0.509 bits per heavy atom. The van der Waals surface area contributed by atoms with Gasteiger partial charge >= 0.3 is 11.9 Å². The van der Waals surface area contributed by atoms with Crippen molar-refractivity contribution in [3.63, 3.8) is 0 Å². The fraction of sp³-hybridized carbons (Fsp3) is 0.295. The van der Waals surface area contributed by atoms with E-state index in [-0.39, 0.29) is 37.2 Å². The lowest BCUT2D eigenvalue weighted by Crippen LogP contribution is -2.22. The van der Waals surface area contributed by atoms with Gasteiger partial charge in [-0.05, 0) is 137 Å². The van der Waals surface area contributed by atoms with Gasteiger partial charge in [0.2, 0.25) is 11.8 Å². The molecule has 0 saturated heterocycles. The van der Waals surface area contributed by atoms with Gasteiger partial charge in [0.15, 0.2) is 0 Å². The fourth-order valence-electron chi connectivity index (χ4n) is 4.94. The van der Waals surface area contributed by atoms with Crippen molar-refractivity contribution in [2.24, 2.45) is 0 Å². The van der Waals surface area contributed by atoms with E-state index in [1.54, 1.807) is 123 Å². The molecule has 4 atom stereocenters. The van der Waals surface area contributed by atoms with Crippen molar-refractivity contribution in [3.05, 3.63) is 126 Å². The molecule has 5 aromatic rings. The Balaban J connectivity index is 1.08. The highest BCUT2D eigenvalue weighted by Crippen LogP contribution is 2.28. The molecule has 0 saturated carbocycles. The molecule has 1 heterocycles. The van der Waals surface area contributed by atoms with Crippen molar-refractivity contribution in [1.29, 1.82) is 0 Å². The lowest BCUT2D eigenvalue weighted by Gasteiger charge is -2.15. The molecule has 1 aromatic heterocycles. The molecule has 2 N–H and O–H groups in total. The average Bonchev–Trinajstić information content (AvgIpc) is 3.19. The fourth-order valence-corrected chi connectivity index (χ4v) is 4.94. The van der Waals surface area contributed by atoms with Crippen LogP contribution in [0.15, 0.2) is 109 Å². The highest BCUT2D eigenvalue weighted by Gasteiger charge is 2.14. The summed E-state index contributed by atoms with van der Waals surface area (Å²) in [6.45, 7) is 9.96. The minimum Gasteiger partial charge on any atom is -0.491 e. The monoisotopic (exact) mass is 781 g/mol. The van der Waals surface area contributed by atoms with Crippen molar-refractivity contribution >= 4 is 11.9 Å². The number of aromatic nitrogens is 1. The quantitative estimate of drug-likeness (QED) is 0.0583. The lowest BCUT2D eigenvalue weighted by atomic mass is 10.2. The maximum absolute atomic E-state index is 12.8. The van der Waals surface area contributed by atoms with Crippen LogP contribution in [-0.2, 0) is 9.47 Å². The van der Waals surface area contributed by atoms with Crippen molar-refractivity contribution in [2.75, 3.05) is 26.4 Å². The third kappa shape index (κ3) is 14.2. The highest BCUT2D eigenvalue weighted by molar-refractivity contribution is 5.91. The molecule has 0 aliphatic rings.